The summed E-state index contributed by atoms with van der Waals surface area (Å²) in [7, 11) is 0. The van der Waals surface area contributed by atoms with Gasteiger partial charge in [-0.25, -0.2) is 9.69 Å². The first kappa shape index (κ1) is 15.3. The Labute approximate surface area is 123 Å². The molecule has 6 heteroatoms. The molecule has 0 aromatic heterocycles. The van der Waals surface area contributed by atoms with Crippen LogP contribution in [0.1, 0.15) is 32.3 Å². The number of carbonyl (C=O) groups is 1. The summed E-state index contributed by atoms with van der Waals surface area (Å²) in [5.74, 6) is 0. The van der Waals surface area contributed by atoms with E-state index in [0.717, 1.165) is 5.56 Å². The fourth-order valence-corrected chi connectivity index (χ4v) is 2.91. The number of hydrogen-bond acceptors (Lipinski definition) is 4. The first-order valence-electron chi connectivity index (χ1n) is 7.22. The molecule has 21 heavy (non-hydrogen) atoms. The van der Waals surface area contributed by atoms with Crippen LogP contribution in [0.5, 0.6) is 0 Å². The Kier molecular flexibility index (Phi) is 4.45. The number of rotatable bonds is 6. The molecular formula is C15H20N2O4. The van der Waals surface area contributed by atoms with Gasteiger partial charge in [0.05, 0.1) is 11.5 Å². The average molecular weight is 292 g/mol. The van der Waals surface area contributed by atoms with Crippen LogP contribution in [0, 0.1) is 10.1 Å². The number of nitro groups is 1. The first-order valence-corrected chi connectivity index (χ1v) is 7.22. The van der Waals surface area contributed by atoms with Gasteiger partial charge in [-0.15, -0.1) is 0 Å². The maximum absolute atomic E-state index is 11.9. The van der Waals surface area contributed by atoms with E-state index in [-0.39, 0.29) is 18.0 Å². The molecule has 0 spiro atoms. The largest absolute Gasteiger partial charge is 0.450 e. The minimum atomic E-state index is -1.29. The Hall–Kier alpha value is -2.11. The first-order chi connectivity index (χ1) is 10.1. The van der Waals surface area contributed by atoms with Gasteiger partial charge in [0, 0.05) is 6.42 Å². The van der Waals surface area contributed by atoms with Crippen LogP contribution in [-0.4, -0.2) is 34.2 Å². The van der Waals surface area contributed by atoms with Gasteiger partial charge in [0.15, 0.2) is 0 Å². The van der Waals surface area contributed by atoms with Crippen molar-refractivity contribution in [3.63, 3.8) is 0 Å². The lowest BCUT2D eigenvalue weighted by Crippen LogP contribution is -2.31. The van der Waals surface area contributed by atoms with Crippen molar-refractivity contribution in [1.82, 2.24) is 4.90 Å². The maximum atomic E-state index is 11.9. The van der Waals surface area contributed by atoms with Crippen molar-refractivity contribution in [3.05, 3.63) is 46.0 Å². The molecule has 114 valence electrons. The maximum Gasteiger partial charge on any atom is 0.415 e. The highest BCUT2D eigenvalue weighted by Gasteiger charge is 2.75. The highest BCUT2D eigenvalue weighted by atomic mass is 16.6. The summed E-state index contributed by atoms with van der Waals surface area (Å²) in [6, 6.07) is 9.38. The molecule has 0 saturated carbocycles. The van der Waals surface area contributed by atoms with Gasteiger partial charge in [0.1, 0.15) is 6.04 Å². The fraction of sp³-hybridized carbons (Fsp3) is 0.533. The predicted octanol–water partition coefficient (Wildman–Crippen LogP) is 2.84. The van der Waals surface area contributed by atoms with Gasteiger partial charge >= 0.3 is 11.8 Å². The van der Waals surface area contributed by atoms with E-state index in [2.05, 4.69) is 0 Å². The lowest BCUT2D eigenvalue weighted by molar-refractivity contribution is -0.550. The smallest absolute Gasteiger partial charge is 0.415 e. The van der Waals surface area contributed by atoms with E-state index in [0.29, 0.717) is 12.8 Å². The van der Waals surface area contributed by atoms with Crippen molar-refractivity contribution in [1.29, 1.82) is 0 Å². The number of benzene rings is 1. The number of aryl methyl sites for hydroxylation is 1. The van der Waals surface area contributed by atoms with Gasteiger partial charge in [-0.05, 0) is 25.3 Å². The second-order valence-corrected chi connectivity index (χ2v) is 5.10. The summed E-state index contributed by atoms with van der Waals surface area (Å²) in [6.45, 7) is 3.65. The van der Waals surface area contributed by atoms with Crippen LogP contribution in [0.2, 0.25) is 0 Å². The molecule has 2 atom stereocenters. The molecule has 6 nitrogen and oxygen atoms in total. The second kappa shape index (κ2) is 6.11. The standard InChI is InChI=1S/C15H20N2O4/c1-3-15(17(19)20)13(16(15)14(18)21-4-2)11-10-12-8-6-5-7-9-12/h5-9,13H,3-4,10-11H2,1-2H3/t13-,15+,16?/m0/s1. The topological polar surface area (TPSA) is 72.5 Å². The van der Waals surface area contributed by atoms with E-state index in [1.54, 1.807) is 13.8 Å². The van der Waals surface area contributed by atoms with E-state index in [4.69, 9.17) is 4.74 Å². The van der Waals surface area contributed by atoms with Gasteiger partial charge < -0.3 is 4.74 Å². The van der Waals surface area contributed by atoms with E-state index in [1.807, 2.05) is 30.3 Å². The third kappa shape index (κ3) is 2.70. The summed E-state index contributed by atoms with van der Waals surface area (Å²) in [4.78, 5) is 24.2. The van der Waals surface area contributed by atoms with Crippen molar-refractivity contribution in [2.24, 2.45) is 0 Å². The van der Waals surface area contributed by atoms with Gasteiger partial charge in [-0.2, -0.15) is 0 Å². The summed E-state index contributed by atoms with van der Waals surface area (Å²) in [5.41, 5.74) is -0.178. The van der Waals surface area contributed by atoms with E-state index in [1.165, 1.54) is 4.90 Å². The Morgan fingerprint density at radius 1 is 1.38 bits per heavy atom. The van der Waals surface area contributed by atoms with Crippen LogP contribution in [0.15, 0.2) is 30.3 Å². The highest BCUT2D eigenvalue weighted by molar-refractivity contribution is 5.73. The van der Waals surface area contributed by atoms with Gasteiger partial charge in [0.25, 0.3) is 0 Å². The van der Waals surface area contributed by atoms with Crippen molar-refractivity contribution >= 4 is 6.09 Å². The van der Waals surface area contributed by atoms with Crippen molar-refractivity contribution in [2.45, 2.75) is 44.8 Å². The second-order valence-electron chi connectivity index (χ2n) is 5.10. The zero-order valence-corrected chi connectivity index (χ0v) is 12.3. The zero-order chi connectivity index (χ0) is 15.5. The van der Waals surface area contributed by atoms with Crippen molar-refractivity contribution < 1.29 is 14.5 Å². The molecule has 1 aliphatic heterocycles. The Balaban J connectivity index is 2.09. The molecule has 1 aromatic carbocycles. The van der Waals surface area contributed by atoms with Crippen molar-refractivity contribution in [3.8, 4) is 0 Å². The average Bonchev–Trinajstić information content (AvgIpc) is 3.16. The number of ether oxygens (including phenoxy) is 1. The molecule has 0 aliphatic carbocycles. The normalized spacial score (nSPS) is 23.7. The Morgan fingerprint density at radius 3 is 2.57 bits per heavy atom. The lowest BCUT2D eigenvalue weighted by atomic mass is 10.0. The van der Waals surface area contributed by atoms with Crippen LogP contribution < -0.4 is 0 Å². The van der Waals surface area contributed by atoms with E-state index in [9.17, 15) is 14.9 Å². The molecule has 1 amide bonds. The molecule has 1 aromatic rings. The van der Waals surface area contributed by atoms with Crippen molar-refractivity contribution in [2.75, 3.05) is 6.61 Å². The van der Waals surface area contributed by atoms with Gasteiger partial charge in [-0.1, -0.05) is 37.3 Å². The molecule has 1 heterocycles. The summed E-state index contributed by atoms with van der Waals surface area (Å²) >= 11 is 0. The van der Waals surface area contributed by atoms with E-state index < -0.39 is 17.8 Å². The third-order valence-electron chi connectivity index (χ3n) is 4.05. The minimum Gasteiger partial charge on any atom is -0.450 e. The Bertz CT molecular complexity index is 520. The molecule has 1 saturated heterocycles. The van der Waals surface area contributed by atoms with Crippen LogP contribution in [0.25, 0.3) is 0 Å². The fourth-order valence-electron chi connectivity index (χ4n) is 2.91. The van der Waals surface area contributed by atoms with Gasteiger partial charge in [-0.3, -0.25) is 10.1 Å². The molecule has 2 rings (SSSR count). The number of carbonyl (C=O) groups excluding carboxylic acids is 1. The summed E-state index contributed by atoms with van der Waals surface area (Å²) in [6.07, 6.45) is 0.974. The van der Waals surface area contributed by atoms with Crippen LogP contribution in [-0.2, 0) is 11.2 Å². The number of amides is 1. The molecule has 1 aliphatic rings. The monoisotopic (exact) mass is 292 g/mol. The number of hydrogen-bond donors (Lipinski definition) is 0. The third-order valence-corrected chi connectivity index (χ3v) is 4.05. The molecule has 1 fully saturated rings. The van der Waals surface area contributed by atoms with Crippen LogP contribution >= 0.6 is 0 Å². The quantitative estimate of drug-likeness (QED) is 0.459. The van der Waals surface area contributed by atoms with E-state index >= 15 is 0 Å². The minimum absolute atomic E-state index is 0.220. The lowest BCUT2D eigenvalue weighted by Gasteiger charge is -2.06. The SMILES string of the molecule is CCOC(=O)N1[C@@H](CCc2ccccc2)[C@@]1(CC)[N+](=O)[O-]. The van der Waals surface area contributed by atoms with Gasteiger partial charge in [0.2, 0.25) is 0 Å². The molecule has 0 radical (unpaired) electrons. The molecule has 0 bridgehead atoms. The predicted molar refractivity (Wildman–Crippen MR) is 77.4 cm³/mol. The summed E-state index contributed by atoms with van der Waals surface area (Å²) in [5, 5.41) is 11.4. The highest BCUT2D eigenvalue weighted by Crippen LogP contribution is 2.47. The summed E-state index contributed by atoms with van der Waals surface area (Å²) < 4.78 is 4.94. The van der Waals surface area contributed by atoms with Crippen LogP contribution in [0.4, 0.5) is 4.79 Å². The molecular weight excluding hydrogens is 272 g/mol. The number of nitrogens with zero attached hydrogens (tertiary/aromatic N) is 2. The van der Waals surface area contributed by atoms with Crippen LogP contribution in [0.3, 0.4) is 0 Å². The molecule has 0 N–H and O–H groups in total. The Morgan fingerprint density at radius 2 is 2.05 bits per heavy atom. The zero-order valence-electron chi connectivity index (χ0n) is 12.3. The molecule has 0 unspecified atom stereocenters.